The average molecular weight is 338 g/mol. The zero-order valence-corrected chi connectivity index (χ0v) is 13.3. The van der Waals surface area contributed by atoms with Crippen LogP contribution in [0.1, 0.15) is 15.9 Å². The normalized spacial score (nSPS) is 10.4. The summed E-state index contributed by atoms with van der Waals surface area (Å²) in [5, 5.41) is 19.2. The van der Waals surface area contributed by atoms with Crippen molar-refractivity contribution < 1.29 is 14.5 Å². The number of hydrogen-bond donors (Lipinski definition) is 0. The molecule has 0 saturated heterocycles. The van der Waals surface area contributed by atoms with Crippen LogP contribution in [-0.4, -0.2) is 33.0 Å². The summed E-state index contributed by atoms with van der Waals surface area (Å²) in [6.45, 7) is 0.242. The van der Waals surface area contributed by atoms with Crippen LogP contribution >= 0.6 is 0 Å². The minimum Gasteiger partial charge on any atom is -0.465 e. The third-order valence-electron chi connectivity index (χ3n) is 3.56. The lowest BCUT2D eigenvalue weighted by Crippen LogP contribution is -2.06. The predicted molar refractivity (Wildman–Crippen MR) is 89.0 cm³/mol. The highest BCUT2D eigenvalue weighted by molar-refractivity contribution is 5.90. The Morgan fingerprint density at radius 1 is 1.24 bits per heavy atom. The first-order valence-electron chi connectivity index (χ1n) is 7.39. The smallest absolute Gasteiger partial charge is 0.338 e. The van der Waals surface area contributed by atoms with Crippen LogP contribution in [0.2, 0.25) is 0 Å². The molecule has 0 saturated carbocycles. The van der Waals surface area contributed by atoms with Crippen molar-refractivity contribution in [2.75, 3.05) is 7.11 Å². The highest BCUT2D eigenvalue weighted by Crippen LogP contribution is 2.20. The van der Waals surface area contributed by atoms with Gasteiger partial charge in [-0.15, -0.1) is 5.10 Å². The van der Waals surface area contributed by atoms with Gasteiger partial charge in [0.1, 0.15) is 5.69 Å². The summed E-state index contributed by atoms with van der Waals surface area (Å²) >= 11 is 0. The number of benzene rings is 2. The molecule has 8 nitrogen and oxygen atoms in total. The summed E-state index contributed by atoms with van der Waals surface area (Å²) in [5.41, 5.74) is 2.11. The van der Waals surface area contributed by atoms with Crippen molar-refractivity contribution in [3.8, 4) is 11.3 Å². The van der Waals surface area contributed by atoms with Crippen molar-refractivity contribution in [2.24, 2.45) is 0 Å². The van der Waals surface area contributed by atoms with Gasteiger partial charge < -0.3 is 4.74 Å². The largest absolute Gasteiger partial charge is 0.465 e. The number of nitro groups is 1. The van der Waals surface area contributed by atoms with Crippen LogP contribution < -0.4 is 0 Å². The highest BCUT2D eigenvalue weighted by atomic mass is 16.6. The second-order valence-electron chi connectivity index (χ2n) is 5.30. The SMILES string of the molecule is COC(=O)c1cc(Cn2cc(-c3ccccc3)nn2)cc([N+](=O)[O-])c1. The van der Waals surface area contributed by atoms with Crippen LogP contribution in [0.5, 0.6) is 0 Å². The molecule has 126 valence electrons. The molecule has 8 heteroatoms. The summed E-state index contributed by atoms with van der Waals surface area (Å²) in [6.07, 6.45) is 1.74. The monoisotopic (exact) mass is 338 g/mol. The number of carbonyl (C=O) groups is 1. The third-order valence-corrected chi connectivity index (χ3v) is 3.56. The Morgan fingerprint density at radius 3 is 2.68 bits per heavy atom. The molecule has 3 rings (SSSR count). The lowest BCUT2D eigenvalue weighted by atomic mass is 10.1. The maximum Gasteiger partial charge on any atom is 0.338 e. The van der Waals surface area contributed by atoms with Crippen molar-refractivity contribution >= 4 is 11.7 Å². The number of rotatable bonds is 5. The predicted octanol–water partition coefficient (Wildman–Crippen LogP) is 2.69. The maximum atomic E-state index is 11.7. The van der Waals surface area contributed by atoms with Crippen LogP contribution in [0, 0.1) is 10.1 Å². The van der Waals surface area contributed by atoms with Gasteiger partial charge in [-0.2, -0.15) is 0 Å². The number of ether oxygens (including phenoxy) is 1. The van der Waals surface area contributed by atoms with Crippen LogP contribution in [-0.2, 0) is 11.3 Å². The van der Waals surface area contributed by atoms with E-state index in [-0.39, 0.29) is 17.8 Å². The fraction of sp³-hybridized carbons (Fsp3) is 0.118. The number of non-ortho nitro benzene ring substituents is 1. The second kappa shape index (κ2) is 6.91. The zero-order valence-electron chi connectivity index (χ0n) is 13.3. The molecule has 0 N–H and O–H groups in total. The molecule has 0 aliphatic rings. The molecule has 0 aliphatic carbocycles. The van der Waals surface area contributed by atoms with E-state index in [1.54, 1.807) is 16.9 Å². The quantitative estimate of drug-likeness (QED) is 0.403. The Bertz CT molecular complexity index is 921. The molecule has 1 heterocycles. The van der Waals surface area contributed by atoms with E-state index >= 15 is 0 Å². The van der Waals surface area contributed by atoms with E-state index < -0.39 is 10.9 Å². The number of nitrogens with zero attached hydrogens (tertiary/aromatic N) is 4. The fourth-order valence-corrected chi connectivity index (χ4v) is 2.41. The van der Waals surface area contributed by atoms with Gasteiger partial charge in [0, 0.05) is 17.7 Å². The minimum absolute atomic E-state index is 0.120. The van der Waals surface area contributed by atoms with Crippen LogP contribution in [0.15, 0.2) is 54.7 Å². The van der Waals surface area contributed by atoms with E-state index in [0.717, 1.165) is 5.56 Å². The number of aromatic nitrogens is 3. The molecular weight excluding hydrogens is 324 g/mol. The van der Waals surface area contributed by atoms with E-state index in [0.29, 0.717) is 11.3 Å². The third kappa shape index (κ3) is 3.69. The van der Waals surface area contributed by atoms with Crippen molar-refractivity contribution in [2.45, 2.75) is 6.54 Å². The maximum absolute atomic E-state index is 11.7. The van der Waals surface area contributed by atoms with Crippen LogP contribution in [0.3, 0.4) is 0 Å². The minimum atomic E-state index is -0.631. The molecular formula is C17H14N4O4. The molecule has 2 aromatic carbocycles. The van der Waals surface area contributed by atoms with Crippen LogP contribution in [0.25, 0.3) is 11.3 Å². The molecule has 0 atom stereocenters. The van der Waals surface area contributed by atoms with Gasteiger partial charge in [-0.25, -0.2) is 9.48 Å². The summed E-state index contributed by atoms with van der Waals surface area (Å²) in [6, 6.07) is 13.7. The van der Waals surface area contributed by atoms with Gasteiger partial charge in [-0.1, -0.05) is 35.5 Å². The summed E-state index contributed by atoms with van der Waals surface area (Å²) in [5.74, 6) is -0.631. The molecule has 0 fully saturated rings. The van der Waals surface area contributed by atoms with Crippen molar-refractivity contribution in [3.05, 3.63) is 76.0 Å². The Morgan fingerprint density at radius 2 is 2.00 bits per heavy atom. The van der Waals surface area contributed by atoms with Crippen LogP contribution in [0.4, 0.5) is 5.69 Å². The van der Waals surface area contributed by atoms with Gasteiger partial charge in [0.2, 0.25) is 0 Å². The number of esters is 1. The van der Waals surface area contributed by atoms with Gasteiger partial charge in [0.15, 0.2) is 0 Å². The van der Waals surface area contributed by atoms with Gasteiger partial charge >= 0.3 is 5.97 Å². The highest BCUT2D eigenvalue weighted by Gasteiger charge is 2.15. The van der Waals surface area contributed by atoms with Crippen molar-refractivity contribution in [3.63, 3.8) is 0 Å². The van der Waals surface area contributed by atoms with E-state index in [1.165, 1.54) is 19.2 Å². The number of hydrogen-bond acceptors (Lipinski definition) is 6. The van der Waals surface area contributed by atoms with E-state index in [9.17, 15) is 14.9 Å². The number of carbonyl (C=O) groups excluding carboxylic acids is 1. The van der Waals surface area contributed by atoms with E-state index in [1.807, 2.05) is 30.3 Å². The van der Waals surface area contributed by atoms with Crippen molar-refractivity contribution in [1.82, 2.24) is 15.0 Å². The van der Waals surface area contributed by atoms with Crippen molar-refractivity contribution in [1.29, 1.82) is 0 Å². The Labute approximate surface area is 142 Å². The summed E-state index contributed by atoms with van der Waals surface area (Å²) in [4.78, 5) is 22.2. The molecule has 0 radical (unpaired) electrons. The molecule has 0 spiro atoms. The van der Waals surface area contributed by atoms with E-state index in [4.69, 9.17) is 0 Å². The summed E-state index contributed by atoms with van der Waals surface area (Å²) in [7, 11) is 1.23. The summed E-state index contributed by atoms with van der Waals surface area (Å²) < 4.78 is 6.20. The molecule has 0 unspecified atom stereocenters. The van der Waals surface area contributed by atoms with Gasteiger partial charge in [-0.3, -0.25) is 10.1 Å². The molecule has 0 bridgehead atoms. The zero-order chi connectivity index (χ0) is 17.8. The molecule has 25 heavy (non-hydrogen) atoms. The first-order valence-corrected chi connectivity index (χ1v) is 7.39. The number of methoxy groups -OCH3 is 1. The lowest BCUT2D eigenvalue weighted by Gasteiger charge is -2.05. The lowest BCUT2D eigenvalue weighted by molar-refractivity contribution is -0.385. The van der Waals surface area contributed by atoms with Gasteiger partial charge in [-0.05, 0) is 11.6 Å². The average Bonchev–Trinajstić information content (AvgIpc) is 3.10. The Kier molecular flexibility index (Phi) is 4.51. The van der Waals surface area contributed by atoms with E-state index in [2.05, 4.69) is 15.0 Å². The molecule has 0 amide bonds. The number of nitro benzene ring substituents is 1. The fourth-order valence-electron chi connectivity index (χ4n) is 2.41. The Balaban J connectivity index is 1.90. The Hall–Kier alpha value is -3.55. The standard InChI is InChI=1S/C17H14N4O4/c1-25-17(22)14-7-12(8-15(9-14)21(23)24)10-20-11-16(18-19-20)13-5-3-2-4-6-13/h2-9,11H,10H2,1H3. The first kappa shape index (κ1) is 16.3. The van der Waals surface area contributed by atoms with Gasteiger partial charge in [0.25, 0.3) is 5.69 Å². The molecule has 3 aromatic rings. The topological polar surface area (TPSA) is 100 Å². The van der Waals surface area contributed by atoms with Gasteiger partial charge in [0.05, 0.1) is 30.3 Å². The molecule has 1 aromatic heterocycles. The second-order valence-corrected chi connectivity index (χ2v) is 5.30. The first-order chi connectivity index (χ1) is 12.1. The molecule has 0 aliphatic heterocycles.